The van der Waals surface area contributed by atoms with Crippen LogP contribution in [0.5, 0.6) is 0 Å². The minimum atomic E-state index is 0.506. The van der Waals surface area contributed by atoms with E-state index in [4.69, 9.17) is 4.74 Å². The fraction of sp³-hybridized carbons (Fsp3) is 0.733. The molecule has 1 unspecified atom stereocenters. The van der Waals surface area contributed by atoms with Crippen molar-refractivity contribution in [1.29, 1.82) is 0 Å². The van der Waals surface area contributed by atoms with Crippen LogP contribution in [-0.4, -0.2) is 53.3 Å². The van der Waals surface area contributed by atoms with Crippen LogP contribution in [0.15, 0.2) is 6.07 Å². The lowest BCUT2D eigenvalue weighted by Crippen LogP contribution is -2.39. The van der Waals surface area contributed by atoms with Crippen LogP contribution >= 0.6 is 0 Å². The molecule has 2 fully saturated rings. The maximum atomic E-state index is 5.45. The number of aryl methyl sites for hydroxylation is 2. The van der Waals surface area contributed by atoms with Gasteiger partial charge in [0.25, 0.3) is 0 Å². The third-order valence-electron chi connectivity index (χ3n) is 4.24. The molecule has 3 rings (SSSR count). The highest BCUT2D eigenvalue weighted by Crippen LogP contribution is 2.22. The number of nitrogens with one attached hydrogen (secondary N) is 1. The lowest BCUT2D eigenvalue weighted by Gasteiger charge is -2.31. The van der Waals surface area contributed by atoms with Crippen molar-refractivity contribution in [1.82, 2.24) is 14.9 Å². The van der Waals surface area contributed by atoms with Crippen LogP contribution in [0, 0.1) is 13.8 Å². The number of aromatic nitrogens is 2. The van der Waals surface area contributed by atoms with Gasteiger partial charge in [0.2, 0.25) is 0 Å². The smallest absolute Gasteiger partial charge is 0.130 e. The molecule has 0 saturated carbocycles. The molecule has 1 atom stereocenters. The molecule has 110 valence electrons. The van der Waals surface area contributed by atoms with E-state index in [1.165, 1.54) is 25.8 Å². The minimum Gasteiger partial charge on any atom is -0.381 e. The quantitative estimate of drug-likeness (QED) is 0.911. The first-order valence-corrected chi connectivity index (χ1v) is 7.61. The Bertz CT molecular complexity index is 439. The van der Waals surface area contributed by atoms with Gasteiger partial charge in [0.1, 0.15) is 11.6 Å². The molecule has 1 aromatic rings. The van der Waals surface area contributed by atoms with Gasteiger partial charge in [-0.3, -0.25) is 4.90 Å². The van der Waals surface area contributed by atoms with Gasteiger partial charge in [-0.25, -0.2) is 9.97 Å². The number of anilines is 1. The van der Waals surface area contributed by atoms with Crippen LogP contribution < -0.4 is 5.32 Å². The molecule has 1 N–H and O–H groups in total. The van der Waals surface area contributed by atoms with Gasteiger partial charge in [-0.2, -0.15) is 0 Å². The Morgan fingerprint density at radius 3 is 2.75 bits per heavy atom. The molecule has 5 nitrogen and oxygen atoms in total. The van der Waals surface area contributed by atoms with Gasteiger partial charge < -0.3 is 10.1 Å². The van der Waals surface area contributed by atoms with Crippen LogP contribution in [0.1, 0.15) is 30.8 Å². The van der Waals surface area contributed by atoms with E-state index >= 15 is 0 Å². The molecule has 1 aromatic heterocycles. The molecule has 20 heavy (non-hydrogen) atoms. The maximum absolute atomic E-state index is 5.45. The molecule has 2 saturated heterocycles. The van der Waals surface area contributed by atoms with Gasteiger partial charge >= 0.3 is 0 Å². The normalized spacial score (nSPS) is 25.0. The van der Waals surface area contributed by atoms with Gasteiger partial charge in [-0.1, -0.05) is 0 Å². The molecule has 3 heterocycles. The highest BCUT2D eigenvalue weighted by atomic mass is 16.5. The summed E-state index contributed by atoms with van der Waals surface area (Å²) < 4.78 is 5.45. The fourth-order valence-corrected chi connectivity index (χ4v) is 3.29. The summed E-state index contributed by atoms with van der Waals surface area (Å²) in [5.41, 5.74) is 1.03. The molecule has 0 spiro atoms. The number of nitrogens with zero attached hydrogens (tertiary/aromatic N) is 3. The van der Waals surface area contributed by atoms with Crippen molar-refractivity contribution >= 4 is 5.82 Å². The third-order valence-corrected chi connectivity index (χ3v) is 4.24. The Morgan fingerprint density at radius 2 is 2.00 bits per heavy atom. The molecule has 0 aliphatic carbocycles. The minimum absolute atomic E-state index is 0.506. The van der Waals surface area contributed by atoms with E-state index in [9.17, 15) is 0 Å². The van der Waals surface area contributed by atoms with Crippen molar-refractivity contribution in [2.24, 2.45) is 0 Å². The van der Waals surface area contributed by atoms with Crippen LogP contribution in [0.4, 0.5) is 5.82 Å². The number of ether oxygens (including phenoxy) is 1. The largest absolute Gasteiger partial charge is 0.381 e. The van der Waals surface area contributed by atoms with Crippen molar-refractivity contribution in [2.75, 3.05) is 31.6 Å². The van der Waals surface area contributed by atoms with E-state index in [0.717, 1.165) is 37.1 Å². The molecule has 0 radical (unpaired) electrons. The number of hydrogen-bond acceptors (Lipinski definition) is 5. The van der Waals surface area contributed by atoms with Gasteiger partial charge in [0.15, 0.2) is 0 Å². The van der Waals surface area contributed by atoms with E-state index in [-0.39, 0.29) is 0 Å². The average Bonchev–Trinajstić information content (AvgIpc) is 2.87. The van der Waals surface area contributed by atoms with E-state index in [0.29, 0.717) is 12.1 Å². The van der Waals surface area contributed by atoms with Crippen LogP contribution in [0.3, 0.4) is 0 Å². The van der Waals surface area contributed by atoms with Crippen LogP contribution in [0.25, 0.3) is 0 Å². The van der Waals surface area contributed by atoms with Gasteiger partial charge in [0.05, 0.1) is 0 Å². The summed E-state index contributed by atoms with van der Waals surface area (Å²) in [5, 5.41) is 3.57. The van der Waals surface area contributed by atoms with Gasteiger partial charge in [0, 0.05) is 50.1 Å². The fourth-order valence-electron chi connectivity index (χ4n) is 3.29. The summed E-state index contributed by atoms with van der Waals surface area (Å²) in [6.45, 7) is 8.11. The molecule has 2 aliphatic heterocycles. The standard InChI is InChI=1S/C15H24N4O/c1-11-9-15(17-12(2)16-11)18-13-3-6-19(10-13)14-4-7-20-8-5-14/h9,13-14H,3-8,10H2,1-2H3,(H,16,17,18). The summed E-state index contributed by atoms with van der Waals surface area (Å²) in [6, 6.07) is 3.25. The zero-order valence-electron chi connectivity index (χ0n) is 12.4. The van der Waals surface area contributed by atoms with Crippen molar-refractivity contribution in [2.45, 2.75) is 45.2 Å². The van der Waals surface area contributed by atoms with Crippen molar-refractivity contribution in [3.05, 3.63) is 17.6 Å². The van der Waals surface area contributed by atoms with Crippen molar-refractivity contribution < 1.29 is 4.74 Å². The van der Waals surface area contributed by atoms with Crippen molar-refractivity contribution in [3.63, 3.8) is 0 Å². The lowest BCUT2D eigenvalue weighted by atomic mass is 10.1. The Balaban J connectivity index is 1.57. The van der Waals surface area contributed by atoms with Crippen LogP contribution in [0.2, 0.25) is 0 Å². The molecule has 2 aliphatic rings. The Hall–Kier alpha value is -1.20. The van der Waals surface area contributed by atoms with E-state index < -0.39 is 0 Å². The second-order valence-corrected chi connectivity index (χ2v) is 5.91. The molecule has 0 amide bonds. The predicted octanol–water partition coefficient (Wildman–Crippen LogP) is 1.76. The van der Waals surface area contributed by atoms with Crippen molar-refractivity contribution in [3.8, 4) is 0 Å². The first-order valence-electron chi connectivity index (χ1n) is 7.61. The summed E-state index contributed by atoms with van der Waals surface area (Å²) in [5.74, 6) is 1.81. The summed E-state index contributed by atoms with van der Waals surface area (Å²) in [6.07, 6.45) is 3.55. The first-order chi connectivity index (χ1) is 9.70. The summed E-state index contributed by atoms with van der Waals surface area (Å²) in [4.78, 5) is 11.4. The topological polar surface area (TPSA) is 50.3 Å². The highest BCUT2D eigenvalue weighted by molar-refractivity contribution is 5.37. The molecule has 0 aromatic carbocycles. The van der Waals surface area contributed by atoms with E-state index in [2.05, 4.69) is 20.2 Å². The van der Waals surface area contributed by atoms with E-state index in [1.807, 2.05) is 19.9 Å². The Labute approximate surface area is 120 Å². The second-order valence-electron chi connectivity index (χ2n) is 5.91. The zero-order valence-corrected chi connectivity index (χ0v) is 12.4. The Morgan fingerprint density at radius 1 is 1.20 bits per heavy atom. The van der Waals surface area contributed by atoms with E-state index in [1.54, 1.807) is 0 Å². The van der Waals surface area contributed by atoms with Crippen LogP contribution in [-0.2, 0) is 4.74 Å². The predicted molar refractivity (Wildman–Crippen MR) is 78.9 cm³/mol. The summed E-state index contributed by atoms with van der Waals surface area (Å²) >= 11 is 0. The molecule has 5 heteroatoms. The number of rotatable bonds is 3. The third kappa shape index (κ3) is 3.27. The number of hydrogen-bond donors (Lipinski definition) is 1. The Kier molecular flexibility index (Phi) is 4.17. The van der Waals surface area contributed by atoms with Gasteiger partial charge in [-0.05, 0) is 33.1 Å². The molecular weight excluding hydrogens is 252 g/mol. The maximum Gasteiger partial charge on any atom is 0.130 e. The zero-order chi connectivity index (χ0) is 13.9. The first kappa shape index (κ1) is 13.8. The van der Waals surface area contributed by atoms with Gasteiger partial charge in [-0.15, -0.1) is 0 Å². The average molecular weight is 276 g/mol. The molecule has 0 bridgehead atoms. The highest BCUT2D eigenvalue weighted by Gasteiger charge is 2.29. The SMILES string of the molecule is Cc1cc(NC2CCN(C3CCOCC3)C2)nc(C)n1. The summed E-state index contributed by atoms with van der Waals surface area (Å²) in [7, 11) is 0. The molecular formula is C15H24N4O. The number of likely N-dealkylation sites (tertiary alicyclic amines) is 1. The monoisotopic (exact) mass is 276 g/mol. The second kappa shape index (κ2) is 6.06. The lowest BCUT2D eigenvalue weighted by molar-refractivity contribution is 0.0421.